The van der Waals surface area contributed by atoms with Crippen LogP contribution in [0.25, 0.3) is 11.3 Å². The lowest BCUT2D eigenvalue weighted by atomic mass is 9.94. The molecule has 0 spiro atoms. The zero-order chi connectivity index (χ0) is 43.9. The molecule has 1 saturated carbocycles. The number of nitrogens with zero attached hydrogens (tertiary/aromatic N) is 3. The lowest BCUT2D eigenvalue weighted by Gasteiger charge is -2.32. The second kappa shape index (κ2) is 18.9. The van der Waals surface area contributed by atoms with Gasteiger partial charge in [-0.1, -0.05) is 30.8 Å². The Bertz CT molecular complexity index is 2350. The van der Waals surface area contributed by atoms with Crippen molar-refractivity contribution in [1.82, 2.24) is 20.5 Å². The molecule has 1 saturated heterocycles. The van der Waals surface area contributed by atoms with Crippen molar-refractivity contribution in [3.63, 3.8) is 0 Å². The first-order chi connectivity index (χ1) is 29.8. The Kier molecular flexibility index (Phi) is 13.3. The quantitative estimate of drug-likeness (QED) is 0.0889. The number of anilines is 2. The molecule has 0 radical (unpaired) electrons. The van der Waals surface area contributed by atoms with Crippen molar-refractivity contribution in [2.45, 2.75) is 44.3 Å². The van der Waals surface area contributed by atoms with Crippen molar-refractivity contribution in [2.24, 2.45) is 0 Å². The normalized spacial score (nSPS) is 15.8. The molecule has 4 aromatic rings. The average Bonchev–Trinajstić information content (AvgIpc) is 3.84. The van der Waals surface area contributed by atoms with E-state index in [2.05, 4.69) is 37.0 Å². The molecule has 0 bridgehead atoms. The van der Waals surface area contributed by atoms with Gasteiger partial charge in [0.1, 0.15) is 18.1 Å². The van der Waals surface area contributed by atoms with Gasteiger partial charge in [0.15, 0.2) is 11.5 Å². The van der Waals surface area contributed by atoms with E-state index in [1.165, 1.54) is 28.0 Å². The number of furan rings is 1. The molecule has 2 aromatic carbocycles. The first kappa shape index (κ1) is 43.4. The van der Waals surface area contributed by atoms with Gasteiger partial charge in [-0.3, -0.25) is 28.9 Å². The Morgan fingerprint density at radius 1 is 0.903 bits per heavy atom. The monoisotopic (exact) mass is 856 g/mol. The maximum Gasteiger partial charge on any atom is 0.586 e. The zero-order valence-corrected chi connectivity index (χ0v) is 34.0. The Morgan fingerprint density at radius 2 is 1.66 bits per heavy atom. The smallest absolute Gasteiger partial charge is 0.445 e. The first-order valence-electron chi connectivity index (χ1n) is 20.1. The lowest BCUT2D eigenvalue weighted by molar-refractivity contribution is -0.286. The third-order valence-corrected chi connectivity index (χ3v) is 10.6. The lowest BCUT2D eigenvalue weighted by Crippen LogP contribution is -2.52. The number of rotatable bonds is 19. The third kappa shape index (κ3) is 10.4. The van der Waals surface area contributed by atoms with Crippen LogP contribution in [0.1, 0.15) is 46.5 Å². The van der Waals surface area contributed by atoms with Crippen molar-refractivity contribution in [1.29, 1.82) is 0 Å². The van der Waals surface area contributed by atoms with E-state index in [-0.39, 0.29) is 80.4 Å². The molecule has 3 N–H and O–H groups in total. The van der Waals surface area contributed by atoms with Gasteiger partial charge in [-0.05, 0) is 73.4 Å². The van der Waals surface area contributed by atoms with E-state index in [1.807, 2.05) is 19.1 Å². The molecule has 4 heterocycles. The van der Waals surface area contributed by atoms with E-state index < -0.39 is 11.7 Å². The number of aryl methyl sites for hydroxylation is 2. The van der Waals surface area contributed by atoms with Gasteiger partial charge in [-0.2, -0.15) is 0 Å². The Balaban J connectivity index is 0.769. The van der Waals surface area contributed by atoms with E-state index in [0.717, 1.165) is 5.56 Å². The molecule has 7 rings (SSSR count). The molecule has 62 heavy (non-hydrogen) atoms. The van der Waals surface area contributed by atoms with Crippen molar-refractivity contribution < 1.29 is 56.1 Å². The maximum absolute atomic E-state index is 13.6. The number of fused-ring (bicyclic) bond motifs is 1. The summed E-state index contributed by atoms with van der Waals surface area (Å²) in [5, 5.41) is 8.50. The second-order valence-electron chi connectivity index (χ2n) is 14.9. The van der Waals surface area contributed by atoms with Crippen LogP contribution in [0.2, 0.25) is 0 Å². The molecular formula is C44H46F2N6O10. The van der Waals surface area contributed by atoms with E-state index in [0.29, 0.717) is 85.4 Å². The van der Waals surface area contributed by atoms with Crippen LogP contribution in [0.4, 0.5) is 20.5 Å². The minimum atomic E-state index is -3.75. The predicted molar refractivity (Wildman–Crippen MR) is 220 cm³/mol. The number of carbonyl (C=O) groups excluding carboxylic acids is 5. The molecule has 0 unspecified atom stereocenters. The third-order valence-electron chi connectivity index (χ3n) is 10.6. The molecule has 1 aliphatic carbocycles. The number of alkyl halides is 2. The van der Waals surface area contributed by atoms with E-state index in [4.69, 9.17) is 13.9 Å². The minimum Gasteiger partial charge on any atom is -0.445 e. The number of amides is 5. The molecule has 0 atom stereocenters. The van der Waals surface area contributed by atoms with Crippen molar-refractivity contribution in [3.05, 3.63) is 102 Å². The maximum atomic E-state index is 13.6. The fraction of sp³-hybridized carbons (Fsp3) is 0.364. The fourth-order valence-electron chi connectivity index (χ4n) is 7.07. The van der Waals surface area contributed by atoms with Crippen LogP contribution in [0.15, 0.2) is 83.8 Å². The summed E-state index contributed by atoms with van der Waals surface area (Å²) >= 11 is 0. The highest BCUT2D eigenvalue weighted by Crippen LogP contribution is 2.52. The summed E-state index contributed by atoms with van der Waals surface area (Å²) in [6, 6.07) is 18.2. The van der Waals surface area contributed by atoms with Crippen LogP contribution >= 0.6 is 0 Å². The van der Waals surface area contributed by atoms with Crippen LogP contribution in [0, 0.1) is 6.92 Å². The van der Waals surface area contributed by atoms with Crippen LogP contribution in [0.5, 0.6) is 11.5 Å². The van der Waals surface area contributed by atoms with E-state index >= 15 is 0 Å². The summed E-state index contributed by atoms with van der Waals surface area (Å²) in [6.45, 7) is 7.63. The summed E-state index contributed by atoms with van der Waals surface area (Å²) < 4.78 is 53.1. The van der Waals surface area contributed by atoms with Crippen molar-refractivity contribution in [3.8, 4) is 22.8 Å². The molecule has 16 nitrogen and oxygen atoms in total. The summed E-state index contributed by atoms with van der Waals surface area (Å²) in [7, 11) is 0. The van der Waals surface area contributed by atoms with Gasteiger partial charge in [0.05, 0.1) is 37.5 Å². The zero-order valence-electron chi connectivity index (χ0n) is 34.0. The van der Waals surface area contributed by atoms with Crippen LogP contribution in [-0.4, -0.2) is 105 Å². The standard InChI is InChI=1S/C44H46F2N6O10/c1-3-37(54)51-19-20-52(38(55)27-51)39-14-10-32(60-39)9-13-36(53)47-17-21-58-23-24-59-22-18-48-41(56)30-6-4-5-29(25-30)40-28(2)7-12-35(49-40)50-42(57)43(15-16-43)31-8-11-33-34(26-31)62-44(45,46)61-33/h3-8,10-12,14,25-26H,1,9,13,15-24,27H2,2H3,(H,47,53)(H,48,56)(H,49,50,57). The van der Waals surface area contributed by atoms with Gasteiger partial charge in [-0.25, -0.2) is 4.98 Å². The van der Waals surface area contributed by atoms with Crippen LogP contribution < -0.4 is 30.3 Å². The molecule has 5 amide bonds. The van der Waals surface area contributed by atoms with E-state index in [9.17, 15) is 32.8 Å². The number of halogens is 2. The predicted octanol–water partition coefficient (Wildman–Crippen LogP) is 4.52. The average molecular weight is 857 g/mol. The largest absolute Gasteiger partial charge is 0.586 e. The molecule has 18 heteroatoms. The number of benzene rings is 2. The SMILES string of the molecule is C=CC(=O)N1CCN(c2ccc(CCC(=O)NCCOCCOCCNC(=O)c3cccc(-c4nc(NC(=O)C5(c6ccc7c(c6)OC(F)(F)O7)CC5)ccc4C)c3)o2)C(=O)C1. The fourth-order valence-corrected chi connectivity index (χ4v) is 7.07. The molecular weight excluding hydrogens is 811 g/mol. The number of pyridine rings is 1. The number of aromatic nitrogens is 1. The molecule has 326 valence electrons. The topological polar surface area (TPSA) is 191 Å². The number of nitrogens with one attached hydrogen (secondary N) is 3. The number of ether oxygens (including phenoxy) is 4. The Labute approximate surface area is 355 Å². The summed E-state index contributed by atoms with van der Waals surface area (Å²) in [6.07, 6.45) is -0.981. The van der Waals surface area contributed by atoms with E-state index in [1.54, 1.807) is 42.5 Å². The van der Waals surface area contributed by atoms with Gasteiger partial charge in [0, 0.05) is 56.2 Å². The van der Waals surface area contributed by atoms with Crippen molar-refractivity contribution in [2.75, 3.05) is 69.4 Å². The minimum absolute atomic E-state index is 0.0519. The molecule has 3 aliphatic rings. The Morgan fingerprint density at radius 3 is 2.40 bits per heavy atom. The highest BCUT2D eigenvalue weighted by molar-refractivity contribution is 6.01. The summed E-state index contributed by atoms with van der Waals surface area (Å²) in [4.78, 5) is 70.7. The van der Waals surface area contributed by atoms with Gasteiger partial charge in [0.2, 0.25) is 29.5 Å². The summed E-state index contributed by atoms with van der Waals surface area (Å²) in [5.74, 6) is -0.316. The van der Waals surface area contributed by atoms with Crippen LogP contribution in [-0.2, 0) is 40.5 Å². The molecule has 2 fully saturated rings. The molecule has 2 aliphatic heterocycles. The van der Waals surface area contributed by atoms with Gasteiger partial charge < -0.3 is 44.2 Å². The highest BCUT2D eigenvalue weighted by Gasteiger charge is 2.53. The number of hydrogen-bond donors (Lipinski definition) is 3. The molecule has 2 aromatic heterocycles. The highest BCUT2D eigenvalue weighted by atomic mass is 19.3. The first-order valence-corrected chi connectivity index (χ1v) is 20.1. The second-order valence-corrected chi connectivity index (χ2v) is 14.9. The van der Waals surface area contributed by atoms with Gasteiger partial charge in [0.25, 0.3) is 5.91 Å². The van der Waals surface area contributed by atoms with Gasteiger partial charge >= 0.3 is 6.29 Å². The van der Waals surface area contributed by atoms with Crippen LogP contribution in [0.3, 0.4) is 0 Å². The number of hydrogen-bond acceptors (Lipinski definition) is 11. The number of carbonyl (C=O) groups is 5. The van der Waals surface area contributed by atoms with Gasteiger partial charge in [-0.15, -0.1) is 8.78 Å². The van der Waals surface area contributed by atoms with Crippen molar-refractivity contribution >= 4 is 41.2 Å². The Hall–Kier alpha value is -6.66. The number of piperazine rings is 1. The summed E-state index contributed by atoms with van der Waals surface area (Å²) in [5.41, 5.74) is 2.11.